The van der Waals surface area contributed by atoms with E-state index in [0.29, 0.717) is 33.5 Å². The molecule has 2 heterocycles. The Kier molecular flexibility index (Phi) is 5.23. The Bertz CT molecular complexity index is 1080. The fraction of sp³-hybridized carbons (Fsp3) is 0.0476. The molecule has 28 heavy (non-hydrogen) atoms. The molecule has 2 aromatic carbocycles. The molecule has 0 aliphatic carbocycles. The van der Waals surface area contributed by atoms with E-state index in [9.17, 15) is 9.59 Å². The molecule has 1 aliphatic heterocycles. The van der Waals surface area contributed by atoms with Crippen LogP contribution in [0.3, 0.4) is 0 Å². The summed E-state index contributed by atoms with van der Waals surface area (Å²) in [6.45, 7) is 0.302. The van der Waals surface area contributed by atoms with Crippen LogP contribution in [0.25, 0.3) is 6.08 Å². The van der Waals surface area contributed by atoms with Crippen molar-refractivity contribution in [3.8, 4) is 0 Å². The largest absolute Gasteiger partial charge is 0.467 e. The molecule has 0 fully saturated rings. The summed E-state index contributed by atoms with van der Waals surface area (Å²) in [6.07, 6.45) is 3.35. The van der Waals surface area contributed by atoms with Crippen LogP contribution in [0.1, 0.15) is 21.7 Å². The minimum Gasteiger partial charge on any atom is -0.467 e. The van der Waals surface area contributed by atoms with Gasteiger partial charge in [0.05, 0.1) is 23.4 Å². The maximum atomic E-state index is 12.5. The lowest BCUT2D eigenvalue weighted by molar-refractivity contribution is -0.112. The van der Waals surface area contributed by atoms with Crippen LogP contribution < -0.4 is 10.6 Å². The number of rotatable bonds is 4. The molecule has 0 saturated carbocycles. The van der Waals surface area contributed by atoms with E-state index in [1.54, 1.807) is 48.7 Å². The number of carbonyl (C=O) groups excluding carboxylic acids is 2. The molecule has 0 unspecified atom stereocenters. The molecule has 4 rings (SSSR count). The number of nitrogens with one attached hydrogen (secondary N) is 2. The maximum absolute atomic E-state index is 12.5. The third-order valence-corrected chi connectivity index (χ3v) is 5.42. The highest BCUT2D eigenvalue weighted by molar-refractivity contribution is 8.04. The van der Waals surface area contributed by atoms with E-state index in [-0.39, 0.29) is 11.8 Å². The number of furan rings is 1. The number of carbonyl (C=O) groups is 2. The molecule has 1 aliphatic rings. The Labute approximate surface area is 170 Å². The Balaban J connectivity index is 1.51. The van der Waals surface area contributed by atoms with Gasteiger partial charge in [0.2, 0.25) is 0 Å². The van der Waals surface area contributed by atoms with Crippen molar-refractivity contribution in [1.29, 1.82) is 0 Å². The van der Waals surface area contributed by atoms with Gasteiger partial charge in [-0.1, -0.05) is 35.5 Å². The van der Waals surface area contributed by atoms with Crippen LogP contribution >= 0.6 is 23.4 Å². The van der Waals surface area contributed by atoms with Crippen molar-refractivity contribution in [2.75, 3.05) is 5.32 Å². The number of benzene rings is 2. The van der Waals surface area contributed by atoms with Gasteiger partial charge in [-0.3, -0.25) is 9.59 Å². The van der Waals surface area contributed by atoms with E-state index in [1.165, 1.54) is 11.8 Å². The minimum atomic E-state index is -0.237. The summed E-state index contributed by atoms with van der Waals surface area (Å²) in [5, 5.41) is 6.25. The van der Waals surface area contributed by atoms with Crippen LogP contribution in [0.15, 0.2) is 75.1 Å². The predicted molar refractivity (Wildman–Crippen MR) is 110 cm³/mol. The van der Waals surface area contributed by atoms with E-state index in [4.69, 9.17) is 16.0 Å². The van der Waals surface area contributed by atoms with Gasteiger partial charge in [-0.25, -0.2) is 0 Å². The molecule has 140 valence electrons. The number of thioether (sulfide) groups is 1. The Morgan fingerprint density at radius 1 is 1.18 bits per heavy atom. The Morgan fingerprint density at radius 2 is 2.07 bits per heavy atom. The zero-order valence-corrected chi connectivity index (χ0v) is 16.1. The van der Waals surface area contributed by atoms with E-state index in [2.05, 4.69) is 10.6 Å². The number of hydrogen-bond acceptors (Lipinski definition) is 4. The molecule has 0 atom stereocenters. The van der Waals surface area contributed by atoms with Gasteiger partial charge in [-0.15, -0.1) is 0 Å². The van der Waals surface area contributed by atoms with Crippen molar-refractivity contribution < 1.29 is 14.0 Å². The molecule has 5 nitrogen and oxygen atoms in total. The molecule has 7 heteroatoms. The molecule has 2 N–H and O–H groups in total. The Hall–Kier alpha value is -2.96. The van der Waals surface area contributed by atoms with Crippen LogP contribution in [0.4, 0.5) is 5.69 Å². The predicted octanol–water partition coefficient (Wildman–Crippen LogP) is 4.95. The number of amides is 2. The second-order valence-electron chi connectivity index (χ2n) is 6.09. The first kappa shape index (κ1) is 18.4. The summed E-state index contributed by atoms with van der Waals surface area (Å²) in [7, 11) is 0. The lowest BCUT2D eigenvalue weighted by atomic mass is 10.1. The summed E-state index contributed by atoms with van der Waals surface area (Å²) in [5.41, 5.74) is 1.93. The number of anilines is 1. The molecule has 3 aromatic rings. The summed E-state index contributed by atoms with van der Waals surface area (Å²) in [6, 6.07) is 16.1. The first-order valence-electron chi connectivity index (χ1n) is 8.49. The number of hydrogen-bond donors (Lipinski definition) is 2. The van der Waals surface area contributed by atoms with Crippen LogP contribution in [0, 0.1) is 0 Å². The van der Waals surface area contributed by atoms with Crippen molar-refractivity contribution in [3.63, 3.8) is 0 Å². The highest BCUT2D eigenvalue weighted by atomic mass is 35.5. The van der Waals surface area contributed by atoms with Crippen molar-refractivity contribution in [3.05, 3.63) is 87.7 Å². The number of fused-ring (bicyclic) bond motifs is 1. The van der Waals surface area contributed by atoms with Crippen molar-refractivity contribution >= 4 is 46.9 Å². The van der Waals surface area contributed by atoms with Gasteiger partial charge in [-0.2, -0.15) is 0 Å². The van der Waals surface area contributed by atoms with Crippen LogP contribution in [-0.4, -0.2) is 11.8 Å². The second-order valence-corrected chi connectivity index (χ2v) is 7.61. The zero-order valence-electron chi connectivity index (χ0n) is 14.6. The van der Waals surface area contributed by atoms with Crippen molar-refractivity contribution in [1.82, 2.24) is 5.32 Å². The quantitative estimate of drug-likeness (QED) is 0.597. The van der Waals surface area contributed by atoms with Crippen molar-refractivity contribution in [2.24, 2.45) is 0 Å². The fourth-order valence-electron chi connectivity index (χ4n) is 2.73. The van der Waals surface area contributed by atoms with E-state index in [0.717, 1.165) is 10.5 Å². The maximum Gasteiger partial charge on any atom is 0.262 e. The standard InChI is InChI=1S/C21H15ClN2O3S/c22-15-4-1-3-13(9-15)10-19-21(26)24-17-11-14(6-7-18(17)28-19)20(25)23-12-16-5-2-8-27-16/h1-11H,12H2,(H,23,25)(H,24,26)/b19-10+. The van der Waals surface area contributed by atoms with Gasteiger partial charge >= 0.3 is 0 Å². The van der Waals surface area contributed by atoms with Gasteiger partial charge in [0.1, 0.15) is 5.76 Å². The molecule has 0 saturated heterocycles. The lowest BCUT2D eigenvalue weighted by Crippen LogP contribution is -2.23. The molecule has 1 aromatic heterocycles. The Morgan fingerprint density at radius 3 is 2.86 bits per heavy atom. The van der Waals surface area contributed by atoms with E-state index < -0.39 is 0 Å². The highest BCUT2D eigenvalue weighted by Gasteiger charge is 2.22. The zero-order chi connectivity index (χ0) is 19.5. The lowest BCUT2D eigenvalue weighted by Gasteiger charge is -2.19. The average molecular weight is 411 g/mol. The average Bonchev–Trinajstić information content (AvgIpc) is 3.20. The summed E-state index contributed by atoms with van der Waals surface area (Å²) in [5.74, 6) is 0.218. The monoisotopic (exact) mass is 410 g/mol. The fourth-order valence-corrected chi connectivity index (χ4v) is 3.86. The highest BCUT2D eigenvalue weighted by Crippen LogP contribution is 2.39. The third kappa shape index (κ3) is 4.13. The molecular formula is C21H15ClN2O3S. The molecule has 2 amide bonds. The van der Waals surface area contributed by atoms with Crippen LogP contribution in [0.2, 0.25) is 5.02 Å². The SMILES string of the molecule is O=C1Nc2cc(C(=O)NCc3ccco3)ccc2S/C1=C/c1cccc(Cl)c1. The van der Waals surface area contributed by atoms with Crippen molar-refractivity contribution in [2.45, 2.75) is 11.4 Å². The first-order chi connectivity index (χ1) is 13.6. The van der Waals surface area contributed by atoms with Crippen LogP contribution in [-0.2, 0) is 11.3 Å². The molecule has 0 bridgehead atoms. The summed E-state index contributed by atoms with van der Waals surface area (Å²) < 4.78 is 5.20. The van der Waals surface area contributed by atoms with E-state index in [1.807, 2.05) is 18.2 Å². The van der Waals surface area contributed by atoms with Gasteiger partial charge in [-0.05, 0) is 54.1 Å². The van der Waals surface area contributed by atoms with Gasteiger partial charge in [0, 0.05) is 15.5 Å². The topological polar surface area (TPSA) is 71.3 Å². The van der Waals surface area contributed by atoms with Gasteiger partial charge in [0.15, 0.2) is 0 Å². The summed E-state index contributed by atoms with van der Waals surface area (Å²) >= 11 is 7.36. The number of halogens is 1. The molecule has 0 spiro atoms. The second kappa shape index (κ2) is 7.96. The van der Waals surface area contributed by atoms with E-state index >= 15 is 0 Å². The third-order valence-electron chi connectivity index (χ3n) is 4.08. The summed E-state index contributed by atoms with van der Waals surface area (Å²) in [4.78, 5) is 26.2. The molecular weight excluding hydrogens is 396 g/mol. The van der Waals surface area contributed by atoms with Gasteiger partial charge in [0.25, 0.3) is 11.8 Å². The first-order valence-corrected chi connectivity index (χ1v) is 9.69. The molecule has 0 radical (unpaired) electrons. The minimum absolute atomic E-state index is 0.217. The smallest absolute Gasteiger partial charge is 0.262 e. The van der Waals surface area contributed by atoms with Crippen LogP contribution in [0.5, 0.6) is 0 Å². The normalized spacial score (nSPS) is 14.5. The van der Waals surface area contributed by atoms with Gasteiger partial charge < -0.3 is 15.1 Å².